The summed E-state index contributed by atoms with van der Waals surface area (Å²) in [7, 11) is -4.17. The third-order valence-electron chi connectivity index (χ3n) is 5.79. The van der Waals surface area contributed by atoms with E-state index in [-0.39, 0.29) is 33.4 Å². The number of hydrogen-bond acceptors (Lipinski definition) is 6. The number of benzene rings is 1. The lowest BCUT2D eigenvalue weighted by Gasteiger charge is -2.24. The van der Waals surface area contributed by atoms with Gasteiger partial charge in [-0.2, -0.15) is 0 Å². The minimum atomic E-state index is -4.17. The number of carbonyl (C=O) groups excluding carboxylic acids is 1. The summed E-state index contributed by atoms with van der Waals surface area (Å²) in [6.45, 7) is 4.04. The molecule has 8 heteroatoms. The number of aromatic nitrogens is 1. The Morgan fingerprint density at radius 1 is 1.28 bits per heavy atom. The van der Waals surface area contributed by atoms with E-state index < -0.39 is 15.9 Å². The number of pyridine rings is 1. The second-order valence-corrected chi connectivity index (χ2v) is 9.97. The smallest absolute Gasteiger partial charge is 0.269 e. The molecule has 0 radical (unpaired) electrons. The normalized spacial score (nSPS) is 16.4. The lowest BCUT2D eigenvalue weighted by atomic mass is 9.83. The lowest BCUT2D eigenvalue weighted by molar-refractivity contribution is 0.0977. The zero-order chi connectivity index (χ0) is 23.3. The maximum absolute atomic E-state index is 13.2. The van der Waals surface area contributed by atoms with E-state index in [9.17, 15) is 23.4 Å². The first-order valence-corrected chi connectivity index (χ1v) is 12.4. The van der Waals surface area contributed by atoms with Gasteiger partial charge in [-0.15, -0.1) is 0 Å². The van der Waals surface area contributed by atoms with Gasteiger partial charge in [-0.1, -0.05) is 31.4 Å². The van der Waals surface area contributed by atoms with E-state index in [1.807, 2.05) is 19.9 Å². The van der Waals surface area contributed by atoms with Crippen LogP contribution in [-0.2, 0) is 16.4 Å². The maximum atomic E-state index is 13.2. The Bertz CT molecular complexity index is 1110. The molecule has 0 aliphatic heterocycles. The average Bonchev–Trinajstić information content (AvgIpc) is 2.74. The standard InChI is InChI=1S/C24H30N2O5S/c1-3-4-5-9-18-14-20(27)21(17-10-6-8-16(2)13-17)23(28)22(18)24(29)26-32(30,31)19-11-7-12-25-15-19/h7,11-15,17,27-28H,3-6,8-10H2,1-2H3,(H,26,29). The minimum absolute atomic E-state index is 0.0726. The van der Waals surface area contributed by atoms with Crippen LogP contribution in [0.15, 0.2) is 47.1 Å². The molecule has 1 aliphatic carbocycles. The lowest BCUT2D eigenvalue weighted by Crippen LogP contribution is -2.31. The van der Waals surface area contributed by atoms with Gasteiger partial charge in [0.1, 0.15) is 16.4 Å². The molecule has 2 aromatic rings. The van der Waals surface area contributed by atoms with Gasteiger partial charge in [0.15, 0.2) is 0 Å². The van der Waals surface area contributed by atoms with Gasteiger partial charge >= 0.3 is 0 Å². The molecule has 3 N–H and O–H groups in total. The van der Waals surface area contributed by atoms with Gasteiger partial charge in [-0.05, 0) is 62.8 Å². The van der Waals surface area contributed by atoms with Crippen LogP contribution < -0.4 is 4.72 Å². The van der Waals surface area contributed by atoms with Crippen LogP contribution >= 0.6 is 0 Å². The molecule has 0 fully saturated rings. The number of nitrogens with zero attached hydrogens (tertiary/aromatic N) is 1. The van der Waals surface area contributed by atoms with Crippen molar-refractivity contribution >= 4 is 15.9 Å². The molecule has 1 aromatic carbocycles. The Balaban J connectivity index is 2.05. The van der Waals surface area contributed by atoms with E-state index in [0.29, 0.717) is 12.0 Å². The first-order chi connectivity index (χ1) is 15.2. The number of unbranched alkanes of at least 4 members (excludes halogenated alkanes) is 2. The highest BCUT2D eigenvalue weighted by Gasteiger charge is 2.29. The number of aromatic hydroxyl groups is 2. The molecular formula is C24H30N2O5S. The van der Waals surface area contributed by atoms with Crippen LogP contribution in [0.25, 0.3) is 0 Å². The van der Waals surface area contributed by atoms with Crippen LogP contribution in [0.1, 0.15) is 79.8 Å². The summed E-state index contributed by atoms with van der Waals surface area (Å²) in [5.41, 5.74) is 1.75. The van der Waals surface area contributed by atoms with E-state index in [1.54, 1.807) is 0 Å². The zero-order valence-electron chi connectivity index (χ0n) is 18.5. The number of nitrogens with one attached hydrogen (secondary N) is 1. The van der Waals surface area contributed by atoms with E-state index in [4.69, 9.17) is 0 Å². The van der Waals surface area contributed by atoms with Crippen LogP contribution in [0.3, 0.4) is 0 Å². The fourth-order valence-corrected chi connectivity index (χ4v) is 5.10. The van der Waals surface area contributed by atoms with Crippen molar-refractivity contribution in [2.24, 2.45) is 0 Å². The second kappa shape index (κ2) is 10.2. The second-order valence-electron chi connectivity index (χ2n) is 8.28. The highest BCUT2D eigenvalue weighted by Crippen LogP contribution is 2.44. The van der Waals surface area contributed by atoms with Gasteiger partial charge in [0.05, 0.1) is 5.56 Å². The van der Waals surface area contributed by atoms with Crippen molar-refractivity contribution in [1.29, 1.82) is 0 Å². The molecule has 1 amide bonds. The Morgan fingerprint density at radius 3 is 2.72 bits per heavy atom. The third-order valence-corrected chi connectivity index (χ3v) is 7.11. The molecule has 7 nitrogen and oxygen atoms in total. The summed E-state index contributed by atoms with van der Waals surface area (Å²) in [5, 5.41) is 21.9. The Hall–Kier alpha value is -2.87. The average molecular weight is 459 g/mol. The van der Waals surface area contributed by atoms with Crippen LogP contribution in [0.4, 0.5) is 0 Å². The zero-order valence-corrected chi connectivity index (χ0v) is 19.3. The van der Waals surface area contributed by atoms with Gasteiger partial charge in [-0.25, -0.2) is 13.1 Å². The summed E-state index contributed by atoms with van der Waals surface area (Å²) in [4.78, 5) is 16.8. The number of phenols is 2. The van der Waals surface area contributed by atoms with Gasteiger partial charge in [-0.3, -0.25) is 9.78 Å². The largest absolute Gasteiger partial charge is 0.507 e. The predicted molar refractivity (Wildman–Crippen MR) is 122 cm³/mol. The Labute approximate surface area is 189 Å². The number of sulfonamides is 1. The highest BCUT2D eigenvalue weighted by atomic mass is 32.2. The van der Waals surface area contributed by atoms with Crippen LogP contribution in [0, 0.1) is 0 Å². The van der Waals surface area contributed by atoms with Crippen molar-refractivity contribution in [3.05, 3.63) is 58.9 Å². The summed E-state index contributed by atoms with van der Waals surface area (Å²) in [5.74, 6) is -1.59. The molecule has 0 bridgehead atoms. The highest BCUT2D eigenvalue weighted by molar-refractivity contribution is 7.90. The molecular weight excluding hydrogens is 428 g/mol. The van der Waals surface area contributed by atoms with E-state index in [2.05, 4.69) is 9.71 Å². The van der Waals surface area contributed by atoms with Gasteiger partial charge < -0.3 is 10.2 Å². The monoisotopic (exact) mass is 458 g/mol. The van der Waals surface area contributed by atoms with Crippen LogP contribution in [0.2, 0.25) is 0 Å². The topological polar surface area (TPSA) is 117 Å². The van der Waals surface area contributed by atoms with Gasteiger partial charge in [0.2, 0.25) is 0 Å². The summed E-state index contributed by atoms with van der Waals surface area (Å²) in [6.07, 6.45) is 10.2. The summed E-state index contributed by atoms with van der Waals surface area (Å²) in [6, 6.07) is 4.29. The van der Waals surface area contributed by atoms with E-state index in [1.165, 1.54) is 24.4 Å². The first-order valence-electron chi connectivity index (χ1n) is 11.0. The Morgan fingerprint density at radius 2 is 2.06 bits per heavy atom. The predicted octanol–water partition coefficient (Wildman–Crippen LogP) is 4.56. The summed E-state index contributed by atoms with van der Waals surface area (Å²) >= 11 is 0. The van der Waals surface area contributed by atoms with Crippen molar-refractivity contribution < 1.29 is 23.4 Å². The molecule has 32 heavy (non-hydrogen) atoms. The van der Waals surface area contributed by atoms with Crippen LogP contribution in [0.5, 0.6) is 11.5 Å². The number of phenolic OH excluding ortho intramolecular Hbond substituents is 2. The molecule has 1 unspecified atom stereocenters. The quantitative estimate of drug-likeness (QED) is 0.394. The minimum Gasteiger partial charge on any atom is -0.507 e. The summed E-state index contributed by atoms with van der Waals surface area (Å²) < 4.78 is 27.4. The first kappa shape index (κ1) is 23.8. The van der Waals surface area contributed by atoms with Crippen molar-refractivity contribution in [3.63, 3.8) is 0 Å². The molecule has 0 saturated carbocycles. The van der Waals surface area contributed by atoms with Gasteiger partial charge in [0.25, 0.3) is 15.9 Å². The Kier molecular flexibility index (Phi) is 7.56. The maximum Gasteiger partial charge on any atom is 0.269 e. The fraction of sp³-hybridized carbons (Fsp3) is 0.417. The van der Waals surface area contributed by atoms with Crippen molar-refractivity contribution in [2.75, 3.05) is 0 Å². The van der Waals surface area contributed by atoms with E-state index >= 15 is 0 Å². The van der Waals surface area contributed by atoms with Crippen LogP contribution in [-0.4, -0.2) is 29.5 Å². The molecule has 0 saturated heterocycles. The number of aryl methyl sites for hydroxylation is 1. The molecule has 1 aromatic heterocycles. The number of carbonyl (C=O) groups is 1. The number of amides is 1. The van der Waals surface area contributed by atoms with Crippen molar-refractivity contribution in [2.45, 2.75) is 69.6 Å². The molecule has 3 rings (SSSR count). The van der Waals surface area contributed by atoms with Crippen molar-refractivity contribution in [3.8, 4) is 11.5 Å². The number of hydrogen-bond donors (Lipinski definition) is 3. The van der Waals surface area contributed by atoms with E-state index in [0.717, 1.165) is 50.3 Å². The number of allylic oxidation sites excluding steroid dienone is 2. The van der Waals surface area contributed by atoms with Gasteiger partial charge in [0, 0.05) is 23.9 Å². The fourth-order valence-electron chi connectivity index (χ4n) is 4.18. The van der Waals surface area contributed by atoms with Crippen molar-refractivity contribution in [1.82, 2.24) is 9.71 Å². The molecule has 1 aliphatic rings. The SMILES string of the molecule is CCCCCc1cc(O)c(C2C=C(C)CCC2)c(O)c1C(=O)NS(=O)(=O)c1cccnc1. The molecule has 1 atom stereocenters. The molecule has 1 heterocycles. The molecule has 0 spiro atoms. The number of rotatable bonds is 8. The molecule has 172 valence electrons. The third kappa shape index (κ3) is 5.30.